The van der Waals surface area contributed by atoms with Crippen LogP contribution in [0.5, 0.6) is 0 Å². The van der Waals surface area contributed by atoms with Crippen LogP contribution in [0.4, 0.5) is 0 Å². The summed E-state index contributed by atoms with van der Waals surface area (Å²) in [5.74, 6) is 0. The fraction of sp³-hybridized carbons (Fsp3) is 1.00. The van der Waals surface area contributed by atoms with E-state index in [1.165, 1.54) is 6.42 Å². The zero-order valence-electron chi connectivity index (χ0n) is 8.18. The smallest absolute Gasteiger partial charge is 0.0839 e. The molecule has 0 spiro atoms. The van der Waals surface area contributed by atoms with Crippen molar-refractivity contribution >= 4 is 0 Å². The van der Waals surface area contributed by atoms with Crippen molar-refractivity contribution in [2.45, 2.75) is 26.4 Å². The molecular weight excluding hydrogens is 152 g/mol. The molecule has 0 aromatic rings. The zero-order chi connectivity index (χ0) is 8.81. The number of likely N-dealkylation sites (N-methyl/N-ethyl adjacent to an activating group) is 1. The number of nitrogens with zero attached hydrogens (tertiary/aromatic N) is 1. The van der Waals surface area contributed by atoms with Gasteiger partial charge in [0.25, 0.3) is 0 Å². The van der Waals surface area contributed by atoms with Crippen LogP contribution in [0.1, 0.15) is 20.3 Å². The van der Waals surface area contributed by atoms with E-state index in [0.717, 1.165) is 32.8 Å². The molecule has 1 N–H and O–H groups in total. The van der Waals surface area contributed by atoms with Gasteiger partial charge in [0, 0.05) is 6.54 Å². The largest absolute Gasteiger partial charge is 0.377 e. The van der Waals surface area contributed by atoms with Gasteiger partial charge in [0.15, 0.2) is 0 Å². The molecule has 1 fully saturated rings. The Morgan fingerprint density at radius 3 is 2.83 bits per heavy atom. The van der Waals surface area contributed by atoms with Crippen molar-refractivity contribution in [2.24, 2.45) is 0 Å². The Morgan fingerprint density at radius 1 is 1.50 bits per heavy atom. The first-order chi connectivity index (χ1) is 5.88. The van der Waals surface area contributed by atoms with E-state index >= 15 is 0 Å². The highest BCUT2D eigenvalue weighted by atomic mass is 16.5. The summed E-state index contributed by atoms with van der Waals surface area (Å²) in [7, 11) is 0. The summed E-state index contributed by atoms with van der Waals surface area (Å²) in [5.41, 5.74) is 0. The number of hydrogen-bond donors (Lipinski definition) is 1. The lowest BCUT2D eigenvalue weighted by Gasteiger charge is -2.33. The lowest BCUT2D eigenvalue weighted by molar-refractivity contribution is 0.0111. The first-order valence-electron chi connectivity index (χ1n) is 4.93. The van der Waals surface area contributed by atoms with Crippen LogP contribution in [0.3, 0.4) is 0 Å². The Labute approximate surface area is 75.1 Å². The van der Waals surface area contributed by atoms with Crippen molar-refractivity contribution in [3.05, 3.63) is 0 Å². The lowest BCUT2D eigenvalue weighted by Crippen LogP contribution is -2.52. The van der Waals surface area contributed by atoms with Gasteiger partial charge in [-0.1, -0.05) is 13.8 Å². The van der Waals surface area contributed by atoms with Crippen LogP contribution in [0.2, 0.25) is 0 Å². The van der Waals surface area contributed by atoms with Crippen LogP contribution in [-0.2, 0) is 4.74 Å². The lowest BCUT2D eigenvalue weighted by atomic mass is 10.3. The van der Waals surface area contributed by atoms with Gasteiger partial charge in [0.2, 0.25) is 0 Å². The molecule has 0 amide bonds. The molecule has 0 radical (unpaired) electrons. The monoisotopic (exact) mass is 172 g/mol. The van der Waals surface area contributed by atoms with E-state index < -0.39 is 0 Å². The van der Waals surface area contributed by atoms with E-state index in [4.69, 9.17) is 4.74 Å². The number of rotatable bonds is 4. The highest BCUT2D eigenvalue weighted by molar-refractivity contribution is 4.70. The van der Waals surface area contributed by atoms with E-state index in [1.54, 1.807) is 0 Å². The minimum Gasteiger partial charge on any atom is -0.377 e. The van der Waals surface area contributed by atoms with Crippen LogP contribution >= 0.6 is 0 Å². The van der Waals surface area contributed by atoms with Gasteiger partial charge in [-0.3, -0.25) is 10.2 Å². The van der Waals surface area contributed by atoms with Crippen molar-refractivity contribution in [3.63, 3.8) is 0 Å². The maximum atomic E-state index is 5.41. The molecule has 0 saturated carbocycles. The second-order valence-electron chi connectivity index (χ2n) is 3.17. The van der Waals surface area contributed by atoms with E-state index in [-0.39, 0.29) is 0 Å². The Bertz CT molecular complexity index is 110. The van der Waals surface area contributed by atoms with Gasteiger partial charge in [0.1, 0.15) is 0 Å². The first kappa shape index (κ1) is 9.96. The van der Waals surface area contributed by atoms with Gasteiger partial charge in [-0.2, -0.15) is 0 Å². The normalized spacial score (nSPS) is 24.8. The minimum absolute atomic E-state index is 0.448. The predicted octanol–water partition coefficient (Wildman–Crippen LogP) is 0.664. The van der Waals surface area contributed by atoms with Crippen LogP contribution in [0.25, 0.3) is 0 Å². The van der Waals surface area contributed by atoms with Crippen molar-refractivity contribution in [2.75, 3.05) is 32.8 Å². The molecule has 72 valence electrons. The third-order valence-corrected chi connectivity index (χ3v) is 2.26. The molecule has 3 nitrogen and oxygen atoms in total. The second-order valence-corrected chi connectivity index (χ2v) is 3.17. The van der Waals surface area contributed by atoms with Crippen LogP contribution in [0.15, 0.2) is 0 Å². The SMILES string of the molecule is CCCN(CC)C1COCCN1. The van der Waals surface area contributed by atoms with Gasteiger partial charge in [0.05, 0.1) is 19.4 Å². The molecule has 1 atom stereocenters. The van der Waals surface area contributed by atoms with Crippen LogP contribution in [-0.4, -0.2) is 43.9 Å². The molecule has 3 heteroatoms. The van der Waals surface area contributed by atoms with Gasteiger partial charge in [-0.15, -0.1) is 0 Å². The topological polar surface area (TPSA) is 24.5 Å². The average molecular weight is 172 g/mol. The molecule has 0 bridgehead atoms. The van der Waals surface area contributed by atoms with E-state index in [0.29, 0.717) is 6.17 Å². The number of morpholine rings is 1. The van der Waals surface area contributed by atoms with E-state index in [1.807, 2.05) is 0 Å². The maximum absolute atomic E-state index is 5.41. The van der Waals surface area contributed by atoms with E-state index in [9.17, 15) is 0 Å². The average Bonchev–Trinajstić information content (AvgIpc) is 2.15. The molecule has 1 saturated heterocycles. The van der Waals surface area contributed by atoms with Crippen LogP contribution in [0, 0.1) is 0 Å². The Kier molecular flexibility index (Phi) is 4.58. The molecule has 0 aromatic heterocycles. The number of ether oxygens (including phenoxy) is 1. The minimum atomic E-state index is 0.448. The second kappa shape index (κ2) is 5.51. The molecule has 0 aromatic carbocycles. The van der Waals surface area contributed by atoms with Crippen LogP contribution < -0.4 is 5.32 Å². The van der Waals surface area contributed by atoms with Gasteiger partial charge < -0.3 is 4.74 Å². The standard InChI is InChI=1S/C9H20N2O/c1-3-6-11(4-2)9-8-12-7-5-10-9/h9-10H,3-8H2,1-2H3. The maximum Gasteiger partial charge on any atom is 0.0839 e. The molecule has 1 aliphatic heterocycles. The Hall–Kier alpha value is -0.120. The van der Waals surface area contributed by atoms with Gasteiger partial charge in [-0.05, 0) is 19.5 Å². The molecule has 1 unspecified atom stereocenters. The fourth-order valence-corrected chi connectivity index (χ4v) is 1.61. The van der Waals surface area contributed by atoms with Gasteiger partial charge in [-0.25, -0.2) is 0 Å². The molecule has 0 aliphatic carbocycles. The summed E-state index contributed by atoms with van der Waals surface area (Å²) in [4.78, 5) is 2.43. The molecular formula is C9H20N2O. The van der Waals surface area contributed by atoms with Crippen molar-refractivity contribution in [1.29, 1.82) is 0 Å². The summed E-state index contributed by atoms with van der Waals surface area (Å²) in [5, 5.41) is 3.46. The highest BCUT2D eigenvalue weighted by Crippen LogP contribution is 2.01. The third kappa shape index (κ3) is 2.73. The highest BCUT2D eigenvalue weighted by Gasteiger charge is 2.18. The van der Waals surface area contributed by atoms with E-state index in [2.05, 4.69) is 24.1 Å². The summed E-state index contributed by atoms with van der Waals surface area (Å²) < 4.78 is 5.41. The summed E-state index contributed by atoms with van der Waals surface area (Å²) in [6.07, 6.45) is 1.66. The fourth-order valence-electron chi connectivity index (χ4n) is 1.61. The third-order valence-electron chi connectivity index (χ3n) is 2.26. The zero-order valence-corrected chi connectivity index (χ0v) is 8.18. The Balaban J connectivity index is 2.29. The Morgan fingerprint density at radius 2 is 2.33 bits per heavy atom. The van der Waals surface area contributed by atoms with Crippen molar-refractivity contribution in [3.8, 4) is 0 Å². The predicted molar refractivity (Wildman–Crippen MR) is 50.1 cm³/mol. The van der Waals surface area contributed by atoms with Crippen molar-refractivity contribution in [1.82, 2.24) is 10.2 Å². The number of hydrogen-bond acceptors (Lipinski definition) is 3. The summed E-state index contributed by atoms with van der Waals surface area (Å²) in [6.45, 7) is 9.38. The molecule has 1 rings (SSSR count). The summed E-state index contributed by atoms with van der Waals surface area (Å²) in [6, 6.07) is 0. The quantitative estimate of drug-likeness (QED) is 0.674. The first-order valence-corrected chi connectivity index (χ1v) is 4.93. The molecule has 12 heavy (non-hydrogen) atoms. The summed E-state index contributed by atoms with van der Waals surface area (Å²) >= 11 is 0. The van der Waals surface area contributed by atoms with Crippen molar-refractivity contribution < 1.29 is 4.74 Å². The van der Waals surface area contributed by atoms with Gasteiger partial charge >= 0.3 is 0 Å². The number of nitrogens with one attached hydrogen (secondary N) is 1. The molecule has 1 aliphatic rings. The molecule has 1 heterocycles.